The molecule has 0 saturated heterocycles. The van der Waals surface area contributed by atoms with Crippen LogP contribution >= 0.6 is 0 Å². The second-order valence-corrected chi connectivity index (χ2v) is 7.30. The van der Waals surface area contributed by atoms with Crippen molar-refractivity contribution in [3.8, 4) is 22.7 Å². The highest BCUT2D eigenvalue weighted by Gasteiger charge is 2.45. The summed E-state index contributed by atoms with van der Waals surface area (Å²) >= 11 is 0. The molecule has 4 aromatic rings. The second kappa shape index (κ2) is 7.29. The smallest absolute Gasteiger partial charge is 0.261 e. The van der Waals surface area contributed by atoms with Gasteiger partial charge in [0.05, 0.1) is 29.4 Å². The van der Waals surface area contributed by atoms with Gasteiger partial charge in [-0.3, -0.25) is 9.67 Å². The van der Waals surface area contributed by atoms with E-state index in [-0.39, 0.29) is 17.9 Å². The Morgan fingerprint density at radius 3 is 2.57 bits per heavy atom. The first-order chi connectivity index (χ1) is 14.7. The molecule has 1 fully saturated rings. The summed E-state index contributed by atoms with van der Waals surface area (Å²) in [4.78, 5) is 17.2. The molecule has 2 N–H and O–H groups in total. The molecule has 30 heavy (non-hydrogen) atoms. The lowest BCUT2D eigenvalue weighted by Crippen LogP contribution is -2.36. The summed E-state index contributed by atoms with van der Waals surface area (Å²) in [5.74, 6) is 1.24. The van der Waals surface area contributed by atoms with Crippen LogP contribution in [-0.2, 0) is 12.0 Å². The summed E-state index contributed by atoms with van der Waals surface area (Å²) in [5.41, 5.74) is 8.50. The summed E-state index contributed by atoms with van der Waals surface area (Å²) in [6.45, 7) is -0.285. The quantitative estimate of drug-likeness (QED) is 0.519. The molecule has 1 saturated carbocycles. The first kappa shape index (κ1) is 18.3. The van der Waals surface area contributed by atoms with Gasteiger partial charge in [-0.1, -0.05) is 17.6 Å². The van der Waals surface area contributed by atoms with E-state index in [1.54, 1.807) is 24.8 Å². The van der Waals surface area contributed by atoms with E-state index in [9.17, 15) is 4.39 Å². The van der Waals surface area contributed by atoms with Crippen LogP contribution in [0.15, 0.2) is 47.6 Å². The fourth-order valence-corrected chi connectivity index (χ4v) is 3.71. The van der Waals surface area contributed by atoms with Crippen LogP contribution in [-0.4, -0.2) is 41.5 Å². The van der Waals surface area contributed by atoms with Crippen molar-refractivity contribution in [3.05, 3.63) is 54.5 Å². The predicted octanol–water partition coefficient (Wildman–Crippen LogP) is 2.81. The molecular formula is C20H19FN8O. The average molecular weight is 406 g/mol. The number of anilines is 1. The Labute approximate surface area is 171 Å². The molecule has 0 aromatic carbocycles. The van der Waals surface area contributed by atoms with Gasteiger partial charge in [0.25, 0.3) is 5.89 Å². The minimum Gasteiger partial charge on any atom is -0.368 e. The number of nitrogens with zero attached hydrogens (tertiary/aromatic N) is 7. The van der Waals surface area contributed by atoms with E-state index >= 15 is 0 Å². The van der Waals surface area contributed by atoms with Crippen LogP contribution in [0.2, 0.25) is 0 Å². The largest absolute Gasteiger partial charge is 0.368 e. The van der Waals surface area contributed by atoms with Crippen LogP contribution in [0.25, 0.3) is 22.7 Å². The fourth-order valence-electron chi connectivity index (χ4n) is 3.71. The van der Waals surface area contributed by atoms with Crippen molar-refractivity contribution in [2.45, 2.75) is 31.2 Å². The molecular weight excluding hydrogens is 387 g/mol. The summed E-state index contributed by atoms with van der Waals surface area (Å²) in [6, 6.07) is 3.97. The van der Waals surface area contributed by atoms with Gasteiger partial charge in [0.1, 0.15) is 6.67 Å². The number of nitrogens with two attached hydrogens (primary N) is 1. The van der Waals surface area contributed by atoms with Gasteiger partial charge >= 0.3 is 0 Å². The standard InChI is InChI=1S/C20H19FN8O/c21-6-7-29-12-14(10-26-29)17-27-18(28-30-17)20(4-1-5-20)15-2-3-16(23-11-15)13-8-24-19(22)25-9-13/h2-3,8-12H,1,4-7H2,(H2,22,24,25). The van der Waals surface area contributed by atoms with Gasteiger partial charge in [0.2, 0.25) is 5.95 Å². The number of aryl methyl sites for hydroxylation is 1. The maximum Gasteiger partial charge on any atom is 0.261 e. The zero-order valence-electron chi connectivity index (χ0n) is 16.1. The molecule has 0 amide bonds. The van der Waals surface area contributed by atoms with E-state index in [0.717, 1.165) is 36.1 Å². The Kier molecular flexibility index (Phi) is 4.46. The van der Waals surface area contributed by atoms with Gasteiger partial charge in [-0.25, -0.2) is 14.4 Å². The molecule has 4 aromatic heterocycles. The normalized spacial score (nSPS) is 15.1. The summed E-state index contributed by atoms with van der Waals surface area (Å²) in [5, 5.41) is 8.36. The van der Waals surface area contributed by atoms with Crippen LogP contribution in [0.5, 0.6) is 0 Å². The lowest BCUT2D eigenvalue weighted by atomic mass is 9.64. The van der Waals surface area contributed by atoms with Crippen LogP contribution in [0, 0.1) is 0 Å². The molecule has 0 aliphatic heterocycles. The molecule has 9 nitrogen and oxygen atoms in total. The maximum atomic E-state index is 12.5. The van der Waals surface area contributed by atoms with Gasteiger partial charge < -0.3 is 10.3 Å². The van der Waals surface area contributed by atoms with Crippen molar-refractivity contribution >= 4 is 5.95 Å². The number of halogens is 1. The van der Waals surface area contributed by atoms with Crippen molar-refractivity contribution in [1.82, 2.24) is 34.9 Å². The molecule has 1 aliphatic rings. The highest BCUT2D eigenvalue weighted by atomic mass is 19.1. The van der Waals surface area contributed by atoms with Crippen molar-refractivity contribution < 1.29 is 8.91 Å². The van der Waals surface area contributed by atoms with E-state index < -0.39 is 6.67 Å². The molecule has 0 bridgehead atoms. The number of pyridine rings is 1. The minimum atomic E-state index is -0.481. The molecule has 0 atom stereocenters. The fraction of sp³-hybridized carbons (Fsp3) is 0.300. The molecule has 5 rings (SSSR count). The molecule has 10 heteroatoms. The second-order valence-electron chi connectivity index (χ2n) is 7.30. The van der Waals surface area contributed by atoms with Crippen LogP contribution in [0.3, 0.4) is 0 Å². The number of aromatic nitrogens is 7. The molecule has 152 valence electrons. The Hall–Kier alpha value is -3.69. The van der Waals surface area contributed by atoms with Crippen LogP contribution in [0.1, 0.15) is 30.7 Å². The summed E-state index contributed by atoms with van der Waals surface area (Å²) < 4.78 is 19.5. The summed E-state index contributed by atoms with van der Waals surface area (Å²) in [7, 11) is 0. The molecule has 0 radical (unpaired) electrons. The molecule has 0 spiro atoms. The number of alkyl halides is 1. The third kappa shape index (κ3) is 3.10. The van der Waals surface area contributed by atoms with Gasteiger partial charge in [-0.05, 0) is 24.5 Å². The van der Waals surface area contributed by atoms with Crippen molar-refractivity contribution in [2.75, 3.05) is 12.4 Å². The lowest BCUT2D eigenvalue weighted by molar-refractivity contribution is 0.272. The van der Waals surface area contributed by atoms with E-state index in [0.29, 0.717) is 17.3 Å². The Morgan fingerprint density at radius 1 is 1.07 bits per heavy atom. The van der Waals surface area contributed by atoms with Crippen molar-refractivity contribution in [3.63, 3.8) is 0 Å². The number of rotatable bonds is 6. The van der Waals surface area contributed by atoms with Crippen LogP contribution < -0.4 is 5.73 Å². The predicted molar refractivity (Wildman–Crippen MR) is 106 cm³/mol. The van der Waals surface area contributed by atoms with Crippen LogP contribution in [0.4, 0.5) is 10.3 Å². The third-order valence-electron chi connectivity index (χ3n) is 5.54. The van der Waals surface area contributed by atoms with Gasteiger partial charge in [0, 0.05) is 30.4 Å². The van der Waals surface area contributed by atoms with Crippen molar-refractivity contribution in [2.24, 2.45) is 0 Å². The van der Waals surface area contributed by atoms with Gasteiger partial charge in [-0.15, -0.1) is 0 Å². The Balaban J connectivity index is 1.43. The topological polar surface area (TPSA) is 121 Å². The Bertz CT molecular complexity index is 1150. The molecule has 4 heterocycles. The minimum absolute atomic E-state index is 0.196. The Morgan fingerprint density at radius 2 is 1.90 bits per heavy atom. The number of hydrogen-bond donors (Lipinski definition) is 1. The van der Waals surface area contributed by atoms with E-state index in [2.05, 4.69) is 30.2 Å². The maximum absolute atomic E-state index is 12.5. The van der Waals surface area contributed by atoms with Gasteiger partial charge in [-0.2, -0.15) is 10.1 Å². The first-order valence-corrected chi connectivity index (χ1v) is 9.65. The van der Waals surface area contributed by atoms with E-state index in [4.69, 9.17) is 10.3 Å². The first-order valence-electron chi connectivity index (χ1n) is 9.65. The highest BCUT2D eigenvalue weighted by Crippen LogP contribution is 2.48. The average Bonchev–Trinajstić information content (AvgIpc) is 3.39. The molecule has 0 unspecified atom stereocenters. The monoisotopic (exact) mass is 406 g/mol. The number of hydrogen-bond acceptors (Lipinski definition) is 8. The third-order valence-corrected chi connectivity index (χ3v) is 5.54. The number of nitrogen functional groups attached to an aromatic ring is 1. The lowest BCUT2D eigenvalue weighted by Gasteiger charge is -2.39. The zero-order valence-corrected chi connectivity index (χ0v) is 16.1. The van der Waals surface area contributed by atoms with E-state index in [1.807, 2.05) is 18.3 Å². The van der Waals surface area contributed by atoms with Crippen molar-refractivity contribution in [1.29, 1.82) is 0 Å². The zero-order chi connectivity index (χ0) is 20.6. The SMILES string of the molecule is Nc1ncc(-c2ccc(C3(c4noc(-c5cnn(CCF)c5)n4)CCC3)cn2)cn1. The van der Waals surface area contributed by atoms with E-state index in [1.165, 1.54) is 4.68 Å². The van der Waals surface area contributed by atoms with Gasteiger partial charge in [0.15, 0.2) is 5.82 Å². The highest BCUT2D eigenvalue weighted by molar-refractivity contribution is 5.58. The summed E-state index contributed by atoms with van der Waals surface area (Å²) in [6.07, 6.45) is 11.4. The molecule has 1 aliphatic carbocycles.